The molecule has 0 aliphatic rings. The highest BCUT2D eigenvalue weighted by atomic mass is 33.1. The summed E-state index contributed by atoms with van der Waals surface area (Å²) in [5.41, 5.74) is 11.3. The second-order valence-electron chi connectivity index (χ2n) is 6.50. The molecule has 23 heavy (non-hydrogen) atoms. The first-order chi connectivity index (χ1) is 10.6. The van der Waals surface area contributed by atoms with Gasteiger partial charge in [0.1, 0.15) is 6.04 Å². The van der Waals surface area contributed by atoms with E-state index in [9.17, 15) is 9.59 Å². The van der Waals surface area contributed by atoms with Gasteiger partial charge in [-0.05, 0) is 19.3 Å². The molecule has 2 atom stereocenters. The molecule has 6 N–H and O–H groups in total. The van der Waals surface area contributed by atoms with E-state index in [1.54, 1.807) is 21.6 Å². The van der Waals surface area contributed by atoms with Crippen molar-refractivity contribution in [2.75, 3.05) is 12.3 Å². The first kappa shape index (κ1) is 22.6. The number of carbonyl (C=O) groups excluding carboxylic acids is 1. The molecule has 0 aromatic heterocycles. The number of carboxylic acid groups (broad SMARTS) is 1. The van der Waals surface area contributed by atoms with Gasteiger partial charge in [-0.1, -0.05) is 55.2 Å². The Morgan fingerprint density at radius 1 is 1.09 bits per heavy atom. The van der Waals surface area contributed by atoms with E-state index in [2.05, 4.69) is 26.1 Å². The molecule has 0 heterocycles. The summed E-state index contributed by atoms with van der Waals surface area (Å²) in [7, 11) is 3.54. The summed E-state index contributed by atoms with van der Waals surface area (Å²) in [5.74, 6) is -0.232. The van der Waals surface area contributed by atoms with Gasteiger partial charge in [0.15, 0.2) is 0 Å². The molecule has 1 amide bonds. The van der Waals surface area contributed by atoms with Gasteiger partial charge in [-0.3, -0.25) is 9.59 Å². The number of rotatable bonds is 12. The summed E-state index contributed by atoms with van der Waals surface area (Å²) < 4.78 is 0.209. The van der Waals surface area contributed by atoms with E-state index in [1.165, 1.54) is 0 Å². The fourth-order valence-electron chi connectivity index (χ4n) is 1.66. The van der Waals surface area contributed by atoms with Crippen LogP contribution in [0.4, 0.5) is 0 Å². The molecule has 0 aliphatic heterocycles. The molecule has 0 fully saturated rings. The van der Waals surface area contributed by atoms with Crippen molar-refractivity contribution in [3.05, 3.63) is 0 Å². The van der Waals surface area contributed by atoms with Crippen molar-refractivity contribution in [2.45, 2.75) is 69.7 Å². The Morgan fingerprint density at radius 3 is 2.30 bits per heavy atom. The molecule has 0 saturated heterocycles. The lowest BCUT2D eigenvalue weighted by Crippen LogP contribution is -2.41. The third-order valence-electron chi connectivity index (χ3n) is 2.97. The molecule has 0 spiro atoms. The molecule has 6 nitrogen and oxygen atoms in total. The lowest BCUT2D eigenvalue weighted by Gasteiger charge is -2.17. The average Bonchev–Trinajstić information content (AvgIpc) is 2.45. The molecule has 0 aromatic rings. The van der Waals surface area contributed by atoms with Crippen LogP contribution < -0.4 is 16.8 Å². The van der Waals surface area contributed by atoms with Gasteiger partial charge in [-0.25, -0.2) is 0 Å². The van der Waals surface area contributed by atoms with E-state index in [-0.39, 0.29) is 10.7 Å². The fourth-order valence-corrected chi connectivity index (χ4v) is 4.04. The average molecular weight is 366 g/mol. The Bertz CT molecular complexity index is 362. The Morgan fingerprint density at radius 2 is 1.74 bits per heavy atom. The molecule has 0 rings (SSSR count). The monoisotopic (exact) mass is 365 g/mol. The lowest BCUT2D eigenvalue weighted by atomic mass is 10.1. The van der Waals surface area contributed by atoms with Gasteiger partial charge >= 0.3 is 5.97 Å². The highest BCUT2D eigenvalue weighted by Crippen LogP contribution is 2.35. The van der Waals surface area contributed by atoms with Crippen LogP contribution in [0.2, 0.25) is 0 Å². The molecule has 8 heteroatoms. The molecule has 136 valence electrons. The summed E-state index contributed by atoms with van der Waals surface area (Å²) >= 11 is 0. The van der Waals surface area contributed by atoms with Gasteiger partial charge in [0.2, 0.25) is 5.91 Å². The van der Waals surface area contributed by atoms with Crippen LogP contribution in [0.15, 0.2) is 0 Å². The minimum atomic E-state index is -0.966. The Balaban J connectivity index is 3.60. The van der Waals surface area contributed by atoms with E-state index >= 15 is 0 Å². The predicted octanol–water partition coefficient (Wildman–Crippen LogP) is 1.97. The van der Waals surface area contributed by atoms with Crippen LogP contribution in [0.1, 0.15) is 52.9 Å². The summed E-state index contributed by atoms with van der Waals surface area (Å²) in [6.45, 7) is 7.03. The summed E-state index contributed by atoms with van der Waals surface area (Å²) in [6, 6.07) is -1.26. The zero-order valence-electron chi connectivity index (χ0n) is 14.3. The minimum Gasteiger partial charge on any atom is -0.480 e. The van der Waals surface area contributed by atoms with Crippen molar-refractivity contribution in [3.8, 4) is 0 Å². The zero-order valence-corrected chi connectivity index (χ0v) is 16.0. The molecular weight excluding hydrogens is 334 g/mol. The van der Waals surface area contributed by atoms with Crippen molar-refractivity contribution >= 4 is 33.5 Å². The Kier molecular flexibility index (Phi) is 11.8. The van der Waals surface area contributed by atoms with Crippen LogP contribution in [0, 0.1) is 0 Å². The highest BCUT2D eigenvalue weighted by molar-refractivity contribution is 8.77. The Hall–Kier alpha value is -0.440. The maximum atomic E-state index is 11.8. The predicted molar refractivity (Wildman–Crippen MR) is 99.5 cm³/mol. The molecule has 0 aromatic carbocycles. The van der Waals surface area contributed by atoms with Gasteiger partial charge in [-0.2, -0.15) is 0 Å². The van der Waals surface area contributed by atoms with Gasteiger partial charge in [0.25, 0.3) is 0 Å². The number of hydrogen-bond donors (Lipinski definition) is 4. The molecule has 0 saturated carbocycles. The zero-order chi connectivity index (χ0) is 17.9. The molecule has 0 radical (unpaired) electrons. The van der Waals surface area contributed by atoms with E-state index in [0.29, 0.717) is 19.4 Å². The number of aliphatic carboxylic acids is 1. The summed E-state index contributed by atoms with van der Waals surface area (Å²) in [6.07, 6.45) is 3.52. The number of amides is 1. The second kappa shape index (κ2) is 12.0. The summed E-state index contributed by atoms with van der Waals surface area (Å²) in [5, 5.41) is 11.5. The third kappa shape index (κ3) is 13.7. The number of unbranched alkanes of at least 4 members (excludes halogenated alkanes) is 2. The smallest absolute Gasteiger partial charge is 0.320 e. The van der Waals surface area contributed by atoms with Crippen LogP contribution in [0.5, 0.6) is 0 Å². The largest absolute Gasteiger partial charge is 0.480 e. The molecular formula is C15H31N3O3S2. The molecule has 0 aliphatic carbocycles. The maximum absolute atomic E-state index is 11.8. The van der Waals surface area contributed by atoms with Gasteiger partial charge < -0.3 is 21.9 Å². The first-order valence-electron chi connectivity index (χ1n) is 7.96. The van der Waals surface area contributed by atoms with E-state index in [0.717, 1.165) is 25.0 Å². The number of nitrogens with two attached hydrogens (primary N) is 2. The van der Waals surface area contributed by atoms with E-state index in [1.807, 2.05) is 0 Å². The van der Waals surface area contributed by atoms with Gasteiger partial charge in [0.05, 0.1) is 6.04 Å². The van der Waals surface area contributed by atoms with Crippen LogP contribution in [-0.2, 0) is 9.59 Å². The number of nitrogens with one attached hydrogen (secondary N) is 1. The molecule has 0 bridgehead atoms. The van der Waals surface area contributed by atoms with E-state index < -0.39 is 18.1 Å². The lowest BCUT2D eigenvalue weighted by molar-refractivity contribution is -0.138. The first-order valence-corrected chi connectivity index (χ1v) is 10.3. The van der Waals surface area contributed by atoms with Crippen molar-refractivity contribution < 1.29 is 14.7 Å². The maximum Gasteiger partial charge on any atom is 0.320 e. The summed E-state index contributed by atoms with van der Waals surface area (Å²) in [4.78, 5) is 22.4. The van der Waals surface area contributed by atoms with Crippen LogP contribution >= 0.6 is 21.6 Å². The van der Waals surface area contributed by atoms with Crippen molar-refractivity contribution in [1.82, 2.24) is 5.32 Å². The van der Waals surface area contributed by atoms with Crippen molar-refractivity contribution in [2.24, 2.45) is 11.5 Å². The number of carboxylic acids is 1. The Labute approximate surface area is 147 Å². The highest BCUT2D eigenvalue weighted by Gasteiger charge is 2.15. The quantitative estimate of drug-likeness (QED) is 0.308. The van der Waals surface area contributed by atoms with Crippen molar-refractivity contribution in [1.29, 1.82) is 0 Å². The number of hydrogen-bond acceptors (Lipinski definition) is 6. The van der Waals surface area contributed by atoms with Crippen LogP contribution in [-0.4, -0.2) is 46.1 Å². The van der Waals surface area contributed by atoms with Crippen LogP contribution in [0.3, 0.4) is 0 Å². The van der Waals surface area contributed by atoms with Gasteiger partial charge in [-0.15, -0.1) is 0 Å². The normalized spacial score (nSPS) is 14.3. The second-order valence-corrected chi connectivity index (χ2v) is 9.74. The van der Waals surface area contributed by atoms with Crippen molar-refractivity contribution in [3.63, 3.8) is 0 Å². The standard InChI is InChI=1S/C15H31N3O3S2/c1-15(2,3)23-22-10-8-11(16)13(19)18-9-6-4-5-7-12(17)14(20)21/h11-12H,4-10,16-17H2,1-3H3,(H,18,19)(H,20,21)/t11-,12-/m0/s1. The SMILES string of the molecule is CC(C)(C)SSCC[C@H](N)C(=O)NCCCCC[C@H](N)C(=O)O. The fraction of sp³-hybridized carbons (Fsp3) is 0.867. The van der Waals surface area contributed by atoms with Gasteiger partial charge in [0, 0.05) is 17.0 Å². The number of carbonyl (C=O) groups is 2. The third-order valence-corrected chi connectivity index (χ3v) is 6.34. The topological polar surface area (TPSA) is 118 Å². The van der Waals surface area contributed by atoms with E-state index in [4.69, 9.17) is 16.6 Å². The molecule has 0 unspecified atom stereocenters. The minimum absolute atomic E-state index is 0.117. The van der Waals surface area contributed by atoms with Crippen LogP contribution in [0.25, 0.3) is 0 Å².